The summed E-state index contributed by atoms with van der Waals surface area (Å²) >= 11 is 0. The summed E-state index contributed by atoms with van der Waals surface area (Å²) in [6, 6.07) is 0. The van der Waals surface area contributed by atoms with E-state index in [-0.39, 0.29) is 0 Å². The maximum Gasteiger partial charge on any atom is 0.155 e. The molecule has 2 aromatic heterocycles. The van der Waals surface area contributed by atoms with Gasteiger partial charge >= 0.3 is 0 Å². The Morgan fingerprint density at radius 2 is 2.05 bits per heavy atom. The highest BCUT2D eigenvalue weighted by Crippen LogP contribution is 2.31. The molecule has 0 aromatic carbocycles. The Morgan fingerprint density at radius 1 is 1.32 bits per heavy atom. The van der Waals surface area contributed by atoms with E-state index in [1.54, 1.807) is 13.8 Å². The third-order valence-electron chi connectivity index (χ3n) is 3.94. The van der Waals surface area contributed by atoms with Crippen molar-refractivity contribution in [3.8, 4) is 0 Å². The maximum atomic E-state index is 10.2. The van der Waals surface area contributed by atoms with Gasteiger partial charge in [-0.3, -0.25) is 0 Å². The number of nitrogen functional groups attached to an aromatic ring is 1. The Balaban J connectivity index is 2.32. The number of hydrogen-bond donors (Lipinski definition) is 3. The number of nitrogens with zero attached hydrogens (tertiary/aromatic N) is 4. The van der Waals surface area contributed by atoms with Crippen molar-refractivity contribution in [1.82, 2.24) is 14.5 Å². The Labute approximate surface area is 128 Å². The second-order valence-electron chi connectivity index (χ2n) is 6.44. The molecule has 4 N–H and O–H groups in total. The largest absolute Gasteiger partial charge is 0.411 e. The van der Waals surface area contributed by atoms with Crippen LogP contribution in [0.5, 0.6) is 0 Å². The number of fused-ring (bicyclic) bond motifs is 3. The highest BCUT2D eigenvalue weighted by molar-refractivity contribution is 5.93. The Bertz CT molecular complexity index is 743. The van der Waals surface area contributed by atoms with Crippen LogP contribution in [0, 0.1) is 0 Å². The molecule has 0 spiro atoms. The van der Waals surface area contributed by atoms with Gasteiger partial charge in [-0.25, -0.2) is 9.97 Å². The monoisotopic (exact) mass is 303 g/mol. The summed E-state index contributed by atoms with van der Waals surface area (Å²) in [6.07, 6.45) is 5.31. The number of nitrogens with two attached hydrogens (primary N) is 1. The molecule has 0 radical (unpaired) electrons. The summed E-state index contributed by atoms with van der Waals surface area (Å²) in [4.78, 5) is 8.93. The van der Waals surface area contributed by atoms with E-state index in [2.05, 4.69) is 15.1 Å². The minimum Gasteiger partial charge on any atom is -0.411 e. The van der Waals surface area contributed by atoms with E-state index in [1.807, 2.05) is 4.57 Å². The Kier molecular flexibility index (Phi) is 3.52. The van der Waals surface area contributed by atoms with Gasteiger partial charge in [0.25, 0.3) is 0 Å². The van der Waals surface area contributed by atoms with Gasteiger partial charge in [-0.15, -0.1) is 0 Å². The molecule has 0 aliphatic heterocycles. The number of aliphatic hydroxyl groups is 1. The lowest BCUT2D eigenvalue weighted by Gasteiger charge is -2.22. The molecule has 1 aliphatic carbocycles. The van der Waals surface area contributed by atoms with Gasteiger partial charge in [0.1, 0.15) is 11.7 Å². The van der Waals surface area contributed by atoms with Crippen molar-refractivity contribution in [3.63, 3.8) is 0 Å². The number of pyridine rings is 1. The minimum absolute atomic E-state index is 0.334. The average Bonchev–Trinajstić information content (AvgIpc) is 2.77. The van der Waals surface area contributed by atoms with E-state index in [0.29, 0.717) is 23.7 Å². The predicted octanol–water partition coefficient (Wildman–Crippen LogP) is 1.47. The van der Waals surface area contributed by atoms with Gasteiger partial charge in [0.05, 0.1) is 17.7 Å². The lowest BCUT2D eigenvalue weighted by Crippen LogP contribution is -2.27. The molecule has 0 amide bonds. The molecule has 1 aliphatic rings. The van der Waals surface area contributed by atoms with Crippen LogP contribution in [-0.2, 0) is 19.4 Å². The zero-order valence-corrected chi connectivity index (χ0v) is 12.9. The van der Waals surface area contributed by atoms with Gasteiger partial charge in [0, 0.05) is 5.69 Å². The van der Waals surface area contributed by atoms with Crippen molar-refractivity contribution in [1.29, 1.82) is 0 Å². The number of rotatable bonds is 3. The summed E-state index contributed by atoms with van der Waals surface area (Å²) in [5.74, 6) is 0.852. The quantitative estimate of drug-likeness (QED) is 0.452. The van der Waals surface area contributed by atoms with Crippen LogP contribution in [0.15, 0.2) is 5.16 Å². The summed E-state index contributed by atoms with van der Waals surface area (Å²) < 4.78 is 1.87. The second-order valence-corrected chi connectivity index (χ2v) is 6.44. The summed E-state index contributed by atoms with van der Waals surface area (Å²) in [7, 11) is 0. The lowest BCUT2D eigenvalue weighted by atomic mass is 9.94. The average molecular weight is 303 g/mol. The van der Waals surface area contributed by atoms with Crippen LogP contribution in [0.4, 0.5) is 5.82 Å². The van der Waals surface area contributed by atoms with Gasteiger partial charge < -0.3 is 20.6 Å². The maximum absolute atomic E-state index is 10.2. The first-order chi connectivity index (χ1) is 10.4. The van der Waals surface area contributed by atoms with Crippen molar-refractivity contribution < 1.29 is 10.3 Å². The van der Waals surface area contributed by atoms with Crippen molar-refractivity contribution in [2.45, 2.75) is 51.7 Å². The van der Waals surface area contributed by atoms with Crippen LogP contribution < -0.4 is 5.73 Å². The molecule has 22 heavy (non-hydrogen) atoms. The number of anilines is 1. The van der Waals surface area contributed by atoms with E-state index in [4.69, 9.17) is 10.9 Å². The molecule has 2 heterocycles. The van der Waals surface area contributed by atoms with Crippen LogP contribution in [0.2, 0.25) is 0 Å². The SMILES string of the molecule is CC(C)(O)Cn1c(/C=N/O)nc2c(N)nc3c(c21)CCCC3. The molecular formula is C15H21N5O2. The summed E-state index contributed by atoms with van der Waals surface area (Å²) in [5.41, 5.74) is 8.81. The smallest absolute Gasteiger partial charge is 0.155 e. The summed E-state index contributed by atoms with van der Waals surface area (Å²) in [5, 5.41) is 22.2. The van der Waals surface area contributed by atoms with Crippen molar-refractivity contribution in [2.24, 2.45) is 5.16 Å². The predicted molar refractivity (Wildman–Crippen MR) is 84.3 cm³/mol. The molecule has 0 saturated carbocycles. The lowest BCUT2D eigenvalue weighted by molar-refractivity contribution is 0.0625. The van der Waals surface area contributed by atoms with Gasteiger partial charge in [0.15, 0.2) is 11.6 Å². The van der Waals surface area contributed by atoms with Crippen molar-refractivity contribution >= 4 is 23.1 Å². The Morgan fingerprint density at radius 3 is 2.73 bits per heavy atom. The van der Waals surface area contributed by atoms with Crippen molar-refractivity contribution in [3.05, 3.63) is 17.1 Å². The number of aryl methyl sites for hydroxylation is 2. The fraction of sp³-hybridized carbons (Fsp3) is 0.533. The van der Waals surface area contributed by atoms with Gasteiger partial charge in [-0.2, -0.15) is 0 Å². The van der Waals surface area contributed by atoms with Gasteiger partial charge in [-0.1, -0.05) is 5.16 Å². The highest BCUT2D eigenvalue weighted by atomic mass is 16.4. The molecule has 0 atom stereocenters. The van der Waals surface area contributed by atoms with E-state index in [0.717, 1.165) is 42.5 Å². The highest BCUT2D eigenvalue weighted by Gasteiger charge is 2.25. The third kappa shape index (κ3) is 2.52. The zero-order valence-electron chi connectivity index (χ0n) is 12.9. The van der Waals surface area contributed by atoms with E-state index in [1.165, 1.54) is 6.21 Å². The standard InChI is InChI=1S/C15H21N5O2/c1-15(2,21)8-20-11(7-17-22)19-12-13(20)9-5-3-4-6-10(9)18-14(12)16/h7,21-22H,3-6,8H2,1-2H3,(H2,16,18)/b17-7+. The van der Waals surface area contributed by atoms with Gasteiger partial charge in [0.2, 0.25) is 0 Å². The summed E-state index contributed by atoms with van der Waals surface area (Å²) in [6.45, 7) is 3.80. The normalized spacial score (nSPS) is 15.6. The first kappa shape index (κ1) is 14.8. The molecule has 7 nitrogen and oxygen atoms in total. The number of imidazole rings is 1. The van der Waals surface area contributed by atoms with E-state index < -0.39 is 5.60 Å². The fourth-order valence-corrected chi connectivity index (χ4v) is 3.12. The molecule has 7 heteroatoms. The fourth-order valence-electron chi connectivity index (χ4n) is 3.12. The number of aromatic nitrogens is 3. The first-order valence-electron chi connectivity index (χ1n) is 7.48. The van der Waals surface area contributed by atoms with Crippen LogP contribution in [-0.4, -0.2) is 36.7 Å². The molecule has 118 valence electrons. The van der Waals surface area contributed by atoms with Gasteiger partial charge in [-0.05, 0) is 45.1 Å². The van der Waals surface area contributed by atoms with E-state index in [9.17, 15) is 5.11 Å². The molecule has 0 fully saturated rings. The minimum atomic E-state index is -0.925. The number of oxime groups is 1. The molecule has 3 rings (SSSR count). The van der Waals surface area contributed by atoms with E-state index >= 15 is 0 Å². The van der Waals surface area contributed by atoms with Crippen molar-refractivity contribution in [2.75, 3.05) is 5.73 Å². The molecule has 0 bridgehead atoms. The topological polar surface area (TPSA) is 110 Å². The molecule has 0 unspecified atom stereocenters. The third-order valence-corrected chi connectivity index (χ3v) is 3.94. The molecule has 0 saturated heterocycles. The Hall–Kier alpha value is -2.15. The second kappa shape index (κ2) is 5.24. The number of hydrogen-bond acceptors (Lipinski definition) is 6. The van der Waals surface area contributed by atoms with Crippen LogP contribution in [0.25, 0.3) is 11.0 Å². The zero-order chi connectivity index (χ0) is 15.9. The molecular weight excluding hydrogens is 282 g/mol. The molecule has 2 aromatic rings. The van der Waals surface area contributed by atoms with Crippen LogP contribution in [0.3, 0.4) is 0 Å². The van der Waals surface area contributed by atoms with Crippen LogP contribution in [0.1, 0.15) is 43.8 Å². The van der Waals surface area contributed by atoms with Crippen LogP contribution >= 0.6 is 0 Å². The first-order valence-corrected chi connectivity index (χ1v) is 7.48.